The summed E-state index contributed by atoms with van der Waals surface area (Å²) in [5.74, 6) is 8.82. The van der Waals surface area contributed by atoms with E-state index < -0.39 is 30.6 Å². The molecule has 0 aromatic rings. The van der Waals surface area contributed by atoms with Crippen molar-refractivity contribution in [3.05, 3.63) is 0 Å². The van der Waals surface area contributed by atoms with Crippen molar-refractivity contribution in [1.82, 2.24) is 0 Å². The first-order valence-corrected chi connectivity index (χ1v) is 37.3. The Morgan fingerprint density at radius 3 is 1.21 bits per heavy atom. The first-order chi connectivity index (χ1) is 30.2. The van der Waals surface area contributed by atoms with Gasteiger partial charge in [0.1, 0.15) is 0 Å². The Morgan fingerprint density at radius 2 is 0.910 bits per heavy atom. The smallest absolute Gasteiger partial charge is 0.192 e. The summed E-state index contributed by atoms with van der Waals surface area (Å²) in [6, 6.07) is 0. The number of rotatable bonds is 18. The van der Waals surface area contributed by atoms with Crippen LogP contribution in [-0.2, 0) is 13.3 Å². The molecule has 0 amide bonds. The first-order valence-electron chi connectivity index (χ1n) is 27.0. The summed E-state index contributed by atoms with van der Waals surface area (Å²) in [5, 5.41) is 10.9. The van der Waals surface area contributed by atoms with E-state index in [-0.39, 0.29) is 31.8 Å². The van der Waals surface area contributed by atoms with Crippen LogP contribution >= 0.6 is 23.2 Å². The molecule has 0 bridgehead atoms. The predicted octanol–water partition coefficient (Wildman–Crippen LogP) is 18.4. The standard InChI is InChI=1S/C30H58O2Si2.C27H50O2Si.CH2Cl2/c1-14-20-29(7,22-16-21-28(5,6)32-33(9,10)11)26-19-18-24-25(17-15-23-30(24,26)8)31-34(12,13)27(2,3)4;1-11-17-26(7,19-13-18-25(5,6)28)23-16-15-21-22(14-12-20-27(21,23)8)29-30(9,10)24(2,3)4;2-1-3/h1,24-26H,15-23H2,2-13H3;1,21-23,28H,12-20H2,2-10H3;1H2/t24?,25-,26+,29?,30-;21?,22-,23+,26?,27-;/m00./s1. The normalized spacial score (nSPS) is 30.2. The van der Waals surface area contributed by atoms with Gasteiger partial charge in [0.2, 0.25) is 0 Å². The fourth-order valence-corrected chi connectivity index (χ4v) is 18.4. The van der Waals surface area contributed by atoms with E-state index in [0.29, 0.717) is 46.7 Å². The van der Waals surface area contributed by atoms with E-state index >= 15 is 0 Å². The van der Waals surface area contributed by atoms with Crippen molar-refractivity contribution >= 4 is 48.2 Å². The Morgan fingerprint density at radius 1 is 0.567 bits per heavy atom. The Balaban J connectivity index is 0.000000437. The maximum Gasteiger partial charge on any atom is 0.192 e. The molecule has 0 radical (unpaired) electrons. The lowest BCUT2D eigenvalue weighted by molar-refractivity contribution is -0.0446. The van der Waals surface area contributed by atoms with Gasteiger partial charge in [0.25, 0.3) is 0 Å². The Kier molecular flexibility index (Phi) is 22.7. The molecule has 9 heteroatoms. The summed E-state index contributed by atoms with van der Waals surface area (Å²) < 4.78 is 20.6. The zero-order valence-corrected chi connectivity index (χ0v) is 52.5. The minimum Gasteiger partial charge on any atom is -0.414 e. The van der Waals surface area contributed by atoms with E-state index in [1.807, 2.05) is 13.8 Å². The molecule has 4 saturated carbocycles. The summed E-state index contributed by atoms with van der Waals surface area (Å²) in [6.45, 7) is 49.2. The van der Waals surface area contributed by atoms with Crippen LogP contribution in [0.25, 0.3) is 0 Å². The minimum absolute atomic E-state index is 0.0451. The van der Waals surface area contributed by atoms with E-state index in [4.69, 9.17) is 49.3 Å². The highest BCUT2D eigenvalue weighted by molar-refractivity contribution is 6.74. The lowest BCUT2D eigenvalue weighted by atomic mass is 9.56. The average molecular weight is 1030 g/mol. The van der Waals surface area contributed by atoms with E-state index in [2.05, 4.69) is 141 Å². The average Bonchev–Trinajstić information content (AvgIpc) is 3.68. The molecule has 0 aromatic carbocycles. The van der Waals surface area contributed by atoms with E-state index in [0.717, 1.165) is 38.5 Å². The molecule has 4 nitrogen and oxygen atoms in total. The highest BCUT2D eigenvalue weighted by atomic mass is 35.5. The third kappa shape index (κ3) is 17.1. The fraction of sp³-hybridized carbons (Fsp3) is 0.931. The van der Waals surface area contributed by atoms with Gasteiger partial charge in [-0.1, -0.05) is 94.9 Å². The van der Waals surface area contributed by atoms with Crippen LogP contribution in [0.4, 0.5) is 0 Å². The molecule has 4 rings (SSSR count). The van der Waals surface area contributed by atoms with Gasteiger partial charge >= 0.3 is 0 Å². The van der Waals surface area contributed by atoms with Gasteiger partial charge in [0.15, 0.2) is 25.0 Å². The van der Waals surface area contributed by atoms with Crippen LogP contribution in [-0.4, -0.2) is 58.8 Å². The molecule has 67 heavy (non-hydrogen) atoms. The molecule has 4 fully saturated rings. The van der Waals surface area contributed by atoms with Crippen LogP contribution in [0.5, 0.6) is 0 Å². The van der Waals surface area contributed by atoms with Gasteiger partial charge in [-0.05, 0) is 206 Å². The van der Waals surface area contributed by atoms with Crippen LogP contribution in [0.15, 0.2) is 0 Å². The van der Waals surface area contributed by atoms with Gasteiger partial charge in [-0.15, -0.1) is 47.9 Å². The third-order valence-corrected chi connectivity index (χ3v) is 29.1. The molecule has 4 aliphatic carbocycles. The van der Waals surface area contributed by atoms with Gasteiger partial charge in [0.05, 0.1) is 16.5 Å². The van der Waals surface area contributed by atoms with E-state index in [1.54, 1.807) is 0 Å². The molecule has 4 unspecified atom stereocenters. The maximum absolute atomic E-state index is 10.2. The largest absolute Gasteiger partial charge is 0.414 e. The molecule has 0 spiro atoms. The summed E-state index contributed by atoms with van der Waals surface area (Å²) >= 11 is 9.53. The number of alkyl halides is 2. The van der Waals surface area contributed by atoms with Gasteiger partial charge in [0, 0.05) is 25.0 Å². The predicted molar refractivity (Wildman–Crippen MR) is 303 cm³/mol. The molecular formula is C58H110Cl2O4Si3. The summed E-state index contributed by atoms with van der Waals surface area (Å²) in [7, 11) is -5.09. The summed E-state index contributed by atoms with van der Waals surface area (Å²) in [6.07, 6.45) is 33.9. The number of terminal acetylenes is 2. The molecule has 10 atom stereocenters. The summed E-state index contributed by atoms with van der Waals surface area (Å²) in [4.78, 5) is 0. The molecule has 0 heterocycles. The fourth-order valence-electron chi connectivity index (χ4n) is 13.9. The molecule has 1 N–H and O–H groups in total. The van der Waals surface area contributed by atoms with Crippen molar-refractivity contribution in [2.45, 2.75) is 292 Å². The SMILES string of the molecule is C#CCC(C)(CCCC(C)(C)O)[C@H]1CCC2[C@@H](O[Si](C)(C)C(C)(C)C)CCC[C@@]21C.C#CCC(C)(CCCC(C)(C)O[Si](C)(C)C)[C@H]1CCC2[C@@H](O[Si](C)(C)C(C)(C)C)CCC[C@@]21C.ClCCl. The van der Waals surface area contributed by atoms with Crippen LogP contribution < -0.4 is 0 Å². The van der Waals surface area contributed by atoms with Gasteiger partial charge in [-0.25, -0.2) is 0 Å². The molecule has 0 aromatic heterocycles. The third-order valence-electron chi connectivity index (χ3n) is 19.0. The van der Waals surface area contributed by atoms with E-state index in [9.17, 15) is 5.11 Å². The van der Waals surface area contributed by atoms with Crippen molar-refractivity contribution in [2.24, 2.45) is 45.3 Å². The second kappa shape index (κ2) is 24.0. The Labute approximate surface area is 431 Å². The van der Waals surface area contributed by atoms with Crippen molar-refractivity contribution in [3.63, 3.8) is 0 Å². The quantitative estimate of drug-likeness (QED) is 0.0844. The van der Waals surface area contributed by atoms with Crippen molar-refractivity contribution in [1.29, 1.82) is 0 Å². The Bertz CT molecular complexity index is 1610. The second-order valence-electron chi connectivity index (χ2n) is 28.8. The van der Waals surface area contributed by atoms with Gasteiger partial charge < -0.3 is 18.4 Å². The maximum atomic E-state index is 10.2. The minimum atomic E-state index is -1.77. The van der Waals surface area contributed by atoms with Crippen LogP contribution in [0, 0.1) is 70.0 Å². The zero-order valence-electron chi connectivity index (χ0n) is 48.0. The number of fused-ring (bicyclic) bond motifs is 2. The summed E-state index contributed by atoms with van der Waals surface area (Å²) in [5.41, 5.74) is 0.393. The molecular weight excluding hydrogens is 916 g/mol. The molecule has 0 saturated heterocycles. The lowest BCUT2D eigenvalue weighted by Crippen LogP contribution is -2.51. The number of aliphatic hydroxyl groups is 1. The van der Waals surface area contributed by atoms with Crippen molar-refractivity contribution in [3.8, 4) is 24.7 Å². The molecule has 392 valence electrons. The van der Waals surface area contributed by atoms with E-state index in [1.165, 1.54) is 77.0 Å². The van der Waals surface area contributed by atoms with Crippen molar-refractivity contribution in [2.75, 3.05) is 5.34 Å². The highest BCUT2D eigenvalue weighted by Crippen LogP contribution is 2.65. The van der Waals surface area contributed by atoms with Gasteiger partial charge in [-0.3, -0.25) is 0 Å². The second-order valence-corrected chi connectivity index (χ2v) is 43.5. The number of halogens is 2. The number of hydrogen-bond donors (Lipinski definition) is 1. The lowest BCUT2D eigenvalue weighted by Gasteiger charge is -2.52. The Hall–Kier alpha value is 0.191. The topological polar surface area (TPSA) is 47.9 Å². The van der Waals surface area contributed by atoms with Gasteiger partial charge in [-0.2, -0.15) is 0 Å². The zero-order chi connectivity index (χ0) is 51.9. The van der Waals surface area contributed by atoms with Crippen LogP contribution in [0.3, 0.4) is 0 Å². The number of hydrogen-bond acceptors (Lipinski definition) is 4. The van der Waals surface area contributed by atoms with Crippen LogP contribution in [0.2, 0.25) is 55.9 Å². The molecule has 0 aliphatic heterocycles. The first kappa shape index (κ1) is 63.3. The highest BCUT2D eigenvalue weighted by Gasteiger charge is 2.59. The van der Waals surface area contributed by atoms with Crippen molar-refractivity contribution < 1.29 is 18.4 Å². The molecule has 4 aliphatic rings. The monoisotopic (exact) mass is 1020 g/mol. The van der Waals surface area contributed by atoms with Crippen LogP contribution in [0.1, 0.15) is 213 Å².